The number of pyridine rings is 1. The maximum atomic E-state index is 13.9. The van der Waals surface area contributed by atoms with Gasteiger partial charge in [-0.15, -0.1) is 0 Å². The van der Waals surface area contributed by atoms with Gasteiger partial charge in [0.2, 0.25) is 0 Å². The molecule has 1 fully saturated rings. The second kappa shape index (κ2) is 9.21. The summed E-state index contributed by atoms with van der Waals surface area (Å²) in [6, 6.07) is 6.86. The molecule has 2 aromatic rings. The largest absolute Gasteiger partial charge is 0.488 e. The van der Waals surface area contributed by atoms with E-state index in [1.165, 1.54) is 29.0 Å². The van der Waals surface area contributed by atoms with Crippen LogP contribution in [0.4, 0.5) is 9.18 Å². The summed E-state index contributed by atoms with van der Waals surface area (Å²) in [5.74, 6) is -0.508. The van der Waals surface area contributed by atoms with Gasteiger partial charge >= 0.3 is 6.09 Å². The monoisotopic (exact) mass is 461 g/mol. The molecule has 3 rings (SSSR count). The number of amides is 1. The Bertz CT molecular complexity index is 1120. The summed E-state index contributed by atoms with van der Waals surface area (Å²) in [6.45, 7) is 8.33. The molecule has 9 heteroatoms. The summed E-state index contributed by atoms with van der Waals surface area (Å²) in [5, 5.41) is 9.05. The van der Waals surface area contributed by atoms with Gasteiger partial charge < -0.3 is 14.4 Å². The number of piperidine rings is 1. The molecule has 0 bridgehead atoms. The minimum Gasteiger partial charge on any atom is -0.488 e. The van der Waals surface area contributed by atoms with Crippen molar-refractivity contribution in [1.82, 2.24) is 9.47 Å². The first-order valence-corrected chi connectivity index (χ1v) is 10.6. The van der Waals surface area contributed by atoms with E-state index in [0.29, 0.717) is 19.5 Å². The van der Waals surface area contributed by atoms with E-state index in [0.717, 1.165) is 6.07 Å². The van der Waals surface area contributed by atoms with Crippen LogP contribution in [-0.2, 0) is 4.74 Å². The molecule has 2 atom stereocenters. The molecule has 1 saturated heterocycles. The zero-order chi connectivity index (χ0) is 23.6. The Hall–Kier alpha value is -3.05. The number of aromatic nitrogens is 1. The van der Waals surface area contributed by atoms with Gasteiger partial charge in [-0.1, -0.05) is 18.5 Å². The second-order valence-electron chi connectivity index (χ2n) is 8.82. The lowest BCUT2D eigenvalue weighted by Gasteiger charge is -2.37. The third-order valence-corrected chi connectivity index (χ3v) is 5.36. The van der Waals surface area contributed by atoms with Crippen LogP contribution < -0.4 is 10.3 Å². The smallest absolute Gasteiger partial charge is 0.410 e. The highest BCUT2D eigenvalue weighted by molar-refractivity contribution is 6.31. The van der Waals surface area contributed by atoms with E-state index in [1.807, 2.05) is 27.7 Å². The van der Waals surface area contributed by atoms with Gasteiger partial charge in [0.1, 0.15) is 29.3 Å². The zero-order valence-corrected chi connectivity index (χ0v) is 19.1. The number of nitriles is 1. The molecule has 1 aromatic carbocycles. The molecule has 1 aromatic heterocycles. The number of likely N-dealkylation sites (tertiary alicyclic amines) is 1. The van der Waals surface area contributed by atoms with E-state index < -0.39 is 17.0 Å². The maximum absolute atomic E-state index is 13.9. The van der Waals surface area contributed by atoms with Crippen molar-refractivity contribution in [3.05, 3.63) is 57.2 Å². The fourth-order valence-corrected chi connectivity index (χ4v) is 3.68. The first-order valence-electron chi connectivity index (χ1n) is 10.3. The third kappa shape index (κ3) is 5.40. The number of benzene rings is 1. The average Bonchev–Trinajstić information content (AvgIpc) is 2.70. The van der Waals surface area contributed by atoms with E-state index in [4.69, 9.17) is 26.3 Å². The van der Waals surface area contributed by atoms with Crippen molar-refractivity contribution in [3.8, 4) is 17.5 Å². The van der Waals surface area contributed by atoms with Crippen molar-refractivity contribution >= 4 is 17.7 Å². The first-order chi connectivity index (χ1) is 15.0. The quantitative estimate of drug-likeness (QED) is 0.670. The fraction of sp³-hybridized carbons (Fsp3) is 0.435. The highest BCUT2D eigenvalue weighted by Gasteiger charge is 2.32. The fourth-order valence-electron chi connectivity index (χ4n) is 3.48. The van der Waals surface area contributed by atoms with Gasteiger partial charge in [0.15, 0.2) is 0 Å². The molecule has 0 N–H and O–H groups in total. The predicted molar refractivity (Wildman–Crippen MR) is 118 cm³/mol. The van der Waals surface area contributed by atoms with Crippen LogP contribution in [0.3, 0.4) is 0 Å². The van der Waals surface area contributed by atoms with Gasteiger partial charge in [-0.05, 0) is 39.0 Å². The topological polar surface area (TPSA) is 84.6 Å². The SMILES string of the molecule is C[C@H]1CN(C(=O)OC(C)(C)C)CC[C@@H]1Oc1cc(=O)n(-c2ccc(C#N)c(F)c2)cc1Cl. The molecule has 0 saturated carbocycles. The molecule has 0 unspecified atom stereocenters. The Morgan fingerprint density at radius 1 is 1.31 bits per heavy atom. The first kappa shape index (κ1) is 23.6. The van der Waals surface area contributed by atoms with E-state index in [2.05, 4.69) is 0 Å². The van der Waals surface area contributed by atoms with Crippen molar-refractivity contribution in [3.63, 3.8) is 0 Å². The Balaban J connectivity index is 1.73. The molecule has 1 aliphatic heterocycles. The van der Waals surface area contributed by atoms with E-state index in [9.17, 15) is 14.0 Å². The summed E-state index contributed by atoms with van der Waals surface area (Å²) in [4.78, 5) is 26.6. The molecule has 0 aliphatic carbocycles. The van der Waals surface area contributed by atoms with Gasteiger partial charge in [-0.3, -0.25) is 9.36 Å². The number of halogens is 2. The number of ether oxygens (including phenoxy) is 2. The van der Waals surface area contributed by atoms with Crippen LogP contribution in [0.2, 0.25) is 5.02 Å². The summed E-state index contributed by atoms with van der Waals surface area (Å²) in [5.41, 5.74) is -0.880. The van der Waals surface area contributed by atoms with Crippen LogP contribution in [-0.4, -0.2) is 40.4 Å². The lowest BCUT2D eigenvalue weighted by atomic mass is 9.96. The van der Waals surface area contributed by atoms with Crippen LogP contribution >= 0.6 is 11.6 Å². The standard InChI is InChI=1S/C23H25ClFN3O4/c1-14-12-27(22(30)32-23(2,3)4)8-7-19(14)31-20-10-21(29)28(13-17(20)24)16-6-5-15(11-26)18(25)9-16/h5-6,9-10,13-14,19H,7-8,12H2,1-4H3/t14-,19-/m0/s1. The molecular weight excluding hydrogens is 437 g/mol. The van der Waals surface area contributed by atoms with E-state index >= 15 is 0 Å². The van der Waals surface area contributed by atoms with Crippen LogP contribution in [0.5, 0.6) is 5.75 Å². The van der Waals surface area contributed by atoms with Crippen LogP contribution in [0.15, 0.2) is 35.3 Å². The van der Waals surface area contributed by atoms with Gasteiger partial charge in [0.05, 0.1) is 16.3 Å². The molecule has 2 heterocycles. The molecule has 170 valence electrons. The van der Waals surface area contributed by atoms with Crippen LogP contribution in [0, 0.1) is 23.1 Å². The van der Waals surface area contributed by atoms with Crippen LogP contribution in [0.25, 0.3) is 5.69 Å². The van der Waals surface area contributed by atoms with Gasteiger partial charge in [-0.25, -0.2) is 9.18 Å². The zero-order valence-electron chi connectivity index (χ0n) is 18.4. The maximum Gasteiger partial charge on any atom is 0.410 e. The molecule has 7 nitrogen and oxygen atoms in total. The molecule has 0 spiro atoms. The lowest BCUT2D eigenvalue weighted by Crippen LogP contribution is -2.48. The van der Waals surface area contributed by atoms with Crippen molar-refractivity contribution in [1.29, 1.82) is 5.26 Å². The summed E-state index contributed by atoms with van der Waals surface area (Å²) in [7, 11) is 0. The molecule has 1 amide bonds. The van der Waals surface area contributed by atoms with Gasteiger partial charge in [0, 0.05) is 37.7 Å². The molecular formula is C23H25ClFN3O4. The summed E-state index contributed by atoms with van der Waals surface area (Å²) >= 11 is 6.35. The van der Waals surface area contributed by atoms with Crippen LogP contribution in [0.1, 0.15) is 39.7 Å². The minimum atomic E-state index is -0.723. The Kier molecular flexibility index (Phi) is 6.79. The predicted octanol–water partition coefficient (Wildman–Crippen LogP) is 4.53. The average molecular weight is 462 g/mol. The molecule has 1 aliphatic rings. The van der Waals surface area contributed by atoms with Crippen molar-refractivity contribution in [2.24, 2.45) is 5.92 Å². The van der Waals surface area contributed by atoms with E-state index in [-0.39, 0.29) is 40.1 Å². The van der Waals surface area contributed by atoms with Gasteiger partial charge in [-0.2, -0.15) is 5.26 Å². The van der Waals surface area contributed by atoms with Crippen molar-refractivity contribution in [2.45, 2.75) is 45.8 Å². The number of carbonyl (C=O) groups excluding carboxylic acids is 1. The minimum absolute atomic E-state index is 0.0117. The molecule has 0 radical (unpaired) electrons. The summed E-state index contributed by atoms with van der Waals surface area (Å²) in [6.07, 6.45) is 1.31. The Labute approximate surface area is 190 Å². The lowest BCUT2D eigenvalue weighted by molar-refractivity contribution is 0.000343. The highest BCUT2D eigenvalue weighted by Crippen LogP contribution is 2.29. The molecule has 32 heavy (non-hydrogen) atoms. The normalized spacial score (nSPS) is 18.7. The number of hydrogen-bond acceptors (Lipinski definition) is 5. The number of rotatable bonds is 3. The number of nitrogens with zero attached hydrogens (tertiary/aromatic N) is 3. The number of carbonyl (C=O) groups is 1. The Morgan fingerprint density at radius 2 is 2.03 bits per heavy atom. The summed E-state index contributed by atoms with van der Waals surface area (Å²) < 4.78 is 26.6. The van der Waals surface area contributed by atoms with Gasteiger partial charge in [0.25, 0.3) is 5.56 Å². The Morgan fingerprint density at radius 3 is 2.62 bits per heavy atom. The highest BCUT2D eigenvalue weighted by atomic mass is 35.5. The van der Waals surface area contributed by atoms with Crippen molar-refractivity contribution < 1.29 is 18.7 Å². The second-order valence-corrected chi connectivity index (χ2v) is 9.23. The number of hydrogen-bond donors (Lipinski definition) is 0. The van der Waals surface area contributed by atoms with Crippen molar-refractivity contribution in [2.75, 3.05) is 13.1 Å². The third-order valence-electron chi connectivity index (χ3n) is 5.08. The van der Waals surface area contributed by atoms with E-state index in [1.54, 1.807) is 11.0 Å².